The molecule has 0 amide bonds. The Kier molecular flexibility index (Phi) is 6.26. The molecule has 0 N–H and O–H groups in total. The average Bonchev–Trinajstić information content (AvgIpc) is 2.58. The lowest BCUT2D eigenvalue weighted by molar-refractivity contribution is 0.122. The fraction of sp³-hybridized carbons (Fsp3) is 0.688. The highest BCUT2D eigenvalue weighted by Crippen LogP contribution is 2.19. The zero-order chi connectivity index (χ0) is 15.1. The van der Waals surface area contributed by atoms with Crippen LogP contribution in [0.15, 0.2) is 18.2 Å². The van der Waals surface area contributed by atoms with Crippen LogP contribution in [0.3, 0.4) is 0 Å². The first-order valence-electron chi connectivity index (χ1n) is 8.06. The van der Waals surface area contributed by atoms with Crippen molar-refractivity contribution >= 4 is 11.6 Å². The molecule has 118 valence electrons. The summed E-state index contributed by atoms with van der Waals surface area (Å²) in [5, 5.41) is 0. The second-order valence-electron chi connectivity index (χ2n) is 5.24. The summed E-state index contributed by atoms with van der Waals surface area (Å²) in [6.07, 6.45) is 0. The van der Waals surface area contributed by atoms with Crippen molar-refractivity contribution in [2.24, 2.45) is 0 Å². The Labute approximate surface area is 128 Å². The van der Waals surface area contributed by atoms with Crippen molar-refractivity contribution in [2.45, 2.75) is 13.8 Å². The lowest BCUT2D eigenvalue weighted by Gasteiger charge is -2.34. The topological polar surface area (TPSA) is 31.8 Å². The lowest BCUT2D eigenvalue weighted by atomic mass is 10.3. The van der Waals surface area contributed by atoms with Crippen LogP contribution in [0.5, 0.6) is 0 Å². The fourth-order valence-electron chi connectivity index (χ4n) is 2.59. The van der Waals surface area contributed by atoms with Gasteiger partial charge in [-0.05, 0) is 19.2 Å². The van der Waals surface area contributed by atoms with E-state index in [1.54, 1.807) is 0 Å². The maximum atomic E-state index is 5.39. The summed E-state index contributed by atoms with van der Waals surface area (Å²) in [6, 6.07) is 6.34. The summed E-state index contributed by atoms with van der Waals surface area (Å²) in [7, 11) is 2.18. The van der Waals surface area contributed by atoms with E-state index in [0.29, 0.717) is 0 Å². The van der Waals surface area contributed by atoms with Crippen LogP contribution in [-0.4, -0.2) is 69.4 Å². The molecule has 0 unspecified atom stereocenters. The molecule has 0 radical (unpaired) electrons. The molecule has 3 heterocycles. The van der Waals surface area contributed by atoms with E-state index in [4.69, 9.17) is 9.72 Å². The monoisotopic (exact) mass is 292 g/mol. The third kappa shape index (κ3) is 4.32. The van der Waals surface area contributed by atoms with Gasteiger partial charge < -0.3 is 19.4 Å². The van der Waals surface area contributed by atoms with Gasteiger partial charge in [-0.2, -0.15) is 0 Å². The van der Waals surface area contributed by atoms with Gasteiger partial charge in [0.2, 0.25) is 0 Å². The number of piperazine rings is 1. The van der Waals surface area contributed by atoms with Crippen molar-refractivity contribution in [1.29, 1.82) is 0 Å². The van der Waals surface area contributed by atoms with Crippen molar-refractivity contribution in [3.63, 3.8) is 0 Å². The standard InChI is InChI=1S/C14H22N4O.C2H6/c1-16-5-7-17(8-6-16)13-3-2-4-14(15-13)18-9-11-19-12-10-18;1-2/h2-4H,5-12H2,1H3;1-2H3. The Bertz CT molecular complexity index is 412. The van der Waals surface area contributed by atoms with Crippen molar-refractivity contribution in [3.05, 3.63) is 18.2 Å². The first-order valence-corrected chi connectivity index (χ1v) is 8.06. The molecular weight excluding hydrogens is 264 g/mol. The molecule has 2 aliphatic rings. The van der Waals surface area contributed by atoms with Crippen molar-refractivity contribution in [1.82, 2.24) is 9.88 Å². The molecule has 2 aliphatic heterocycles. The number of rotatable bonds is 2. The van der Waals surface area contributed by atoms with E-state index in [-0.39, 0.29) is 0 Å². The Morgan fingerprint density at radius 1 is 0.857 bits per heavy atom. The molecule has 2 saturated heterocycles. The van der Waals surface area contributed by atoms with Crippen molar-refractivity contribution < 1.29 is 4.74 Å². The van der Waals surface area contributed by atoms with Crippen LogP contribution >= 0.6 is 0 Å². The largest absolute Gasteiger partial charge is 0.378 e. The molecule has 0 saturated carbocycles. The van der Waals surface area contributed by atoms with E-state index in [2.05, 4.69) is 39.9 Å². The number of likely N-dealkylation sites (N-methyl/N-ethyl adjacent to an activating group) is 1. The first-order chi connectivity index (χ1) is 10.3. The van der Waals surface area contributed by atoms with Crippen LogP contribution in [0.2, 0.25) is 0 Å². The highest BCUT2D eigenvalue weighted by molar-refractivity contribution is 5.49. The molecule has 1 aromatic rings. The summed E-state index contributed by atoms with van der Waals surface area (Å²) in [5.74, 6) is 2.19. The third-order valence-electron chi connectivity index (χ3n) is 3.88. The minimum atomic E-state index is 0.806. The van der Waals surface area contributed by atoms with Crippen LogP contribution in [0.1, 0.15) is 13.8 Å². The van der Waals surface area contributed by atoms with Gasteiger partial charge in [0.15, 0.2) is 0 Å². The number of nitrogens with zero attached hydrogens (tertiary/aromatic N) is 4. The number of aromatic nitrogens is 1. The highest BCUT2D eigenvalue weighted by Gasteiger charge is 2.17. The minimum absolute atomic E-state index is 0.806. The van der Waals surface area contributed by atoms with Gasteiger partial charge in [0.1, 0.15) is 11.6 Å². The van der Waals surface area contributed by atoms with Gasteiger partial charge in [-0.25, -0.2) is 4.98 Å². The van der Waals surface area contributed by atoms with Gasteiger partial charge in [0, 0.05) is 39.3 Å². The number of pyridine rings is 1. The van der Waals surface area contributed by atoms with E-state index in [0.717, 1.165) is 64.1 Å². The third-order valence-corrected chi connectivity index (χ3v) is 3.88. The van der Waals surface area contributed by atoms with Gasteiger partial charge >= 0.3 is 0 Å². The number of ether oxygens (including phenoxy) is 1. The molecule has 5 heteroatoms. The molecule has 3 rings (SSSR count). The van der Waals surface area contributed by atoms with E-state index < -0.39 is 0 Å². The molecular formula is C16H28N4O. The maximum absolute atomic E-state index is 5.39. The predicted molar refractivity (Wildman–Crippen MR) is 88.3 cm³/mol. The normalized spacial score (nSPS) is 20.0. The van der Waals surface area contributed by atoms with Gasteiger partial charge in [-0.15, -0.1) is 0 Å². The van der Waals surface area contributed by atoms with Gasteiger partial charge in [0.25, 0.3) is 0 Å². The number of hydrogen-bond acceptors (Lipinski definition) is 5. The van der Waals surface area contributed by atoms with Crippen LogP contribution in [0.25, 0.3) is 0 Å². The van der Waals surface area contributed by atoms with Crippen LogP contribution in [0, 0.1) is 0 Å². The molecule has 0 atom stereocenters. The maximum Gasteiger partial charge on any atom is 0.131 e. The molecule has 0 spiro atoms. The number of anilines is 2. The molecule has 5 nitrogen and oxygen atoms in total. The van der Waals surface area contributed by atoms with Gasteiger partial charge in [-0.1, -0.05) is 19.9 Å². The van der Waals surface area contributed by atoms with E-state index in [1.807, 2.05) is 13.8 Å². The zero-order valence-corrected chi connectivity index (χ0v) is 13.6. The average molecular weight is 292 g/mol. The second-order valence-corrected chi connectivity index (χ2v) is 5.24. The summed E-state index contributed by atoms with van der Waals surface area (Å²) in [4.78, 5) is 11.9. The Hall–Kier alpha value is -1.33. The van der Waals surface area contributed by atoms with E-state index >= 15 is 0 Å². The minimum Gasteiger partial charge on any atom is -0.378 e. The smallest absolute Gasteiger partial charge is 0.131 e. The Morgan fingerprint density at radius 2 is 1.38 bits per heavy atom. The summed E-state index contributed by atoms with van der Waals surface area (Å²) >= 11 is 0. The van der Waals surface area contributed by atoms with Crippen molar-refractivity contribution in [2.75, 3.05) is 69.3 Å². The van der Waals surface area contributed by atoms with E-state index in [9.17, 15) is 0 Å². The number of morpholine rings is 1. The predicted octanol–water partition coefficient (Wildman–Crippen LogP) is 1.70. The summed E-state index contributed by atoms with van der Waals surface area (Å²) < 4.78 is 5.39. The quantitative estimate of drug-likeness (QED) is 0.828. The zero-order valence-electron chi connectivity index (χ0n) is 13.6. The molecule has 2 fully saturated rings. The second kappa shape index (κ2) is 8.20. The van der Waals surface area contributed by atoms with Gasteiger partial charge in [0.05, 0.1) is 13.2 Å². The summed E-state index contributed by atoms with van der Waals surface area (Å²) in [5.41, 5.74) is 0. The lowest BCUT2D eigenvalue weighted by Crippen LogP contribution is -2.45. The Morgan fingerprint density at radius 3 is 1.95 bits per heavy atom. The summed E-state index contributed by atoms with van der Waals surface area (Å²) in [6.45, 7) is 11.9. The highest BCUT2D eigenvalue weighted by atomic mass is 16.5. The van der Waals surface area contributed by atoms with Crippen LogP contribution in [0.4, 0.5) is 11.6 Å². The molecule has 0 aliphatic carbocycles. The molecule has 21 heavy (non-hydrogen) atoms. The number of hydrogen-bond donors (Lipinski definition) is 0. The van der Waals surface area contributed by atoms with Gasteiger partial charge in [-0.3, -0.25) is 0 Å². The van der Waals surface area contributed by atoms with Crippen LogP contribution in [-0.2, 0) is 4.74 Å². The first kappa shape index (κ1) is 16.0. The molecule has 0 aromatic carbocycles. The fourth-order valence-corrected chi connectivity index (χ4v) is 2.59. The Balaban J connectivity index is 0.000000774. The van der Waals surface area contributed by atoms with Crippen LogP contribution < -0.4 is 9.80 Å². The molecule has 0 bridgehead atoms. The molecule has 1 aromatic heterocycles. The van der Waals surface area contributed by atoms with E-state index in [1.165, 1.54) is 0 Å². The SMILES string of the molecule is CC.CN1CCN(c2cccc(N3CCOCC3)n2)CC1. The van der Waals surface area contributed by atoms with Crippen molar-refractivity contribution in [3.8, 4) is 0 Å².